The fourth-order valence-electron chi connectivity index (χ4n) is 2.40. The van der Waals surface area contributed by atoms with E-state index >= 15 is 0 Å². The van der Waals surface area contributed by atoms with Crippen molar-refractivity contribution >= 4 is 23.3 Å². The van der Waals surface area contributed by atoms with E-state index in [0.29, 0.717) is 23.7 Å². The summed E-state index contributed by atoms with van der Waals surface area (Å²) in [6.07, 6.45) is 0. The van der Waals surface area contributed by atoms with Gasteiger partial charge in [0, 0.05) is 23.7 Å². The molecule has 0 unspecified atom stereocenters. The van der Waals surface area contributed by atoms with Crippen molar-refractivity contribution in [3.63, 3.8) is 0 Å². The van der Waals surface area contributed by atoms with Crippen LogP contribution >= 0.6 is 11.6 Å². The van der Waals surface area contributed by atoms with Gasteiger partial charge in [-0.3, -0.25) is 19.7 Å². The number of carbonyl (C=O) groups excluding carboxylic acids is 2. The maximum Gasteiger partial charge on any atom is 0.257 e. The average Bonchev–Trinajstić information content (AvgIpc) is 2.57. The summed E-state index contributed by atoms with van der Waals surface area (Å²) < 4.78 is 0. The molecule has 2 aromatic carbocycles. The predicted molar refractivity (Wildman–Crippen MR) is 91.9 cm³/mol. The van der Waals surface area contributed by atoms with Gasteiger partial charge in [-0.15, -0.1) is 0 Å². The largest absolute Gasteiger partial charge is 0.295 e. The topological polar surface area (TPSA) is 69.6 Å². The molecule has 0 saturated carbocycles. The van der Waals surface area contributed by atoms with E-state index in [0.717, 1.165) is 11.1 Å². The number of ketones is 1. The van der Waals surface area contributed by atoms with Crippen LogP contribution in [0.15, 0.2) is 48.5 Å². The lowest BCUT2D eigenvalue weighted by atomic mass is 10.1. The van der Waals surface area contributed by atoms with Gasteiger partial charge in [-0.2, -0.15) is 0 Å². The Labute approximate surface area is 145 Å². The third kappa shape index (κ3) is 5.45. The van der Waals surface area contributed by atoms with Crippen molar-refractivity contribution in [3.05, 3.63) is 70.2 Å². The Morgan fingerprint density at radius 2 is 1.75 bits per heavy atom. The fraction of sp³-hybridized carbons (Fsp3) is 0.222. The zero-order valence-electron chi connectivity index (χ0n) is 13.3. The van der Waals surface area contributed by atoms with Gasteiger partial charge in [-0.05, 0) is 36.2 Å². The SMILES string of the molecule is CC(=O)c1cccc(CN(CC(=O)NO)Cc2ccc(Cl)cc2)c1. The minimum Gasteiger partial charge on any atom is -0.295 e. The number of hydrogen-bond donors (Lipinski definition) is 2. The number of hydrogen-bond acceptors (Lipinski definition) is 4. The molecular weight excluding hydrogens is 328 g/mol. The van der Waals surface area contributed by atoms with Crippen molar-refractivity contribution < 1.29 is 14.8 Å². The van der Waals surface area contributed by atoms with E-state index < -0.39 is 5.91 Å². The molecule has 0 saturated heterocycles. The first-order valence-electron chi connectivity index (χ1n) is 7.47. The lowest BCUT2D eigenvalue weighted by molar-refractivity contribution is -0.130. The van der Waals surface area contributed by atoms with Gasteiger partial charge in [0.25, 0.3) is 5.91 Å². The molecule has 0 aromatic heterocycles. The van der Waals surface area contributed by atoms with Crippen LogP contribution in [0.4, 0.5) is 0 Å². The monoisotopic (exact) mass is 346 g/mol. The fourth-order valence-corrected chi connectivity index (χ4v) is 2.53. The molecule has 5 nitrogen and oxygen atoms in total. The van der Waals surface area contributed by atoms with Crippen LogP contribution in [0, 0.1) is 0 Å². The minimum absolute atomic E-state index is 0.00537. The molecule has 24 heavy (non-hydrogen) atoms. The summed E-state index contributed by atoms with van der Waals surface area (Å²) in [6, 6.07) is 14.6. The Balaban J connectivity index is 2.16. The van der Waals surface area contributed by atoms with Gasteiger partial charge in [0.05, 0.1) is 6.54 Å². The molecule has 6 heteroatoms. The summed E-state index contributed by atoms with van der Waals surface area (Å²) in [5.74, 6) is -0.499. The molecule has 0 aliphatic heterocycles. The zero-order chi connectivity index (χ0) is 17.5. The highest BCUT2D eigenvalue weighted by Crippen LogP contribution is 2.14. The normalized spacial score (nSPS) is 10.7. The lowest BCUT2D eigenvalue weighted by Crippen LogP contribution is -2.35. The maximum absolute atomic E-state index is 11.6. The van der Waals surface area contributed by atoms with Gasteiger partial charge in [-0.25, -0.2) is 5.48 Å². The summed E-state index contributed by atoms with van der Waals surface area (Å²) in [5.41, 5.74) is 4.19. The maximum atomic E-state index is 11.6. The number of nitrogens with one attached hydrogen (secondary N) is 1. The summed E-state index contributed by atoms with van der Waals surface area (Å²) in [7, 11) is 0. The highest BCUT2D eigenvalue weighted by Gasteiger charge is 2.12. The predicted octanol–water partition coefficient (Wildman–Crippen LogP) is 3.05. The number of amides is 1. The Hall–Kier alpha value is -2.21. The molecule has 0 heterocycles. The molecule has 126 valence electrons. The Morgan fingerprint density at radius 3 is 2.38 bits per heavy atom. The molecule has 2 rings (SSSR count). The zero-order valence-corrected chi connectivity index (χ0v) is 14.1. The Bertz CT molecular complexity index is 716. The number of rotatable bonds is 7. The van der Waals surface area contributed by atoms with E-state index in [4.69, 9.17) is 16.8 Å². The Morgan fingerprint density at radius 1 is 1.08 bits per heavy atom. The van der Waals surface area contributed by atoms with Crippen LogP contribution in [0.2, 0.25) is 5.02 Å². The molecular formula is C18H19ClN2O3. The van der Waals surface area contributed by atoms with Crippen LogP contribution in [0.3, 0.4) is 0 Å². The van der Waals surface area contributed by atoms with Gasteiger partial charge in [0.1, 0.15) is 0 Å². The molecule has 1 amide bonds. The van der Waals surface area contributed by atoms with Crippen LogP contribution in [-0.4, -0.2) is 28.3 Å². The third-order valence-electron chi connectivity index (χ3n) is 3.55. The van der Waals surface area contributed by atoms with Crippen LogP contribution in [0.25, 0.3) is 0 Å². The van der Waals surface area contributed by atoms with E-state index in [1.54, 1.807) is 23.7 Å². The molecule has 2 N–H and O–H groups in total. The number of Topliss-reactive ketones (excluding diaryl/α,β-unsaturated/α-hetero) is 1. The second-order valence-corrected chi connectivity index (χ2v) is 6.00. The van der Waals surface area contributed by atoms with Crippen molar-refractivity contribution in [1.29, 1.82) is 0 Å². The van der Waals surface area contributed by atoms with Crippen LogP contribution in [0.5, 0.6) is 0 Å². The van der Waals surface area contributed by atoms with Gasteiger partial charge in [-0.1, -0.05) is 41.9 Å². The number of nitrogens with zero attached hydrogens (tertiary/aromatic N) is 1. The molecule has 0 aliphatic carbocycles. The first-order chi connectivity index (χ1) is 11.5. The van der Waals surface area contributed by atoms with Crippen molar-refractivity contribution in [1.82, 2.24) is 10.4 Å². The smallest absolute Gasteiger partial charge is 0.257 e. The molecule has 0 radical (unpaired) electrons. The lowest BCUT2D eigenvalue weighted by Gasteiger charge is -2.21. The summed E-state index contributed by atoms with van der Waals surface area (Å²) in [6.45, 7) is 2.53. The van der Waals surface area contributed by atoms with Gasteiger partial charge < -0.3 is 0 Å². The highest BCUT2D eigenvalue weighted by molar-refractivity contribution is 6.30. The quantitative estimate of drug-likeness (QED) is 0.459. The molecule has 0 spiro atoms. The van der Waals surface area contributed by atoms with Crippen molar-refractivity contribution in [2.75, 3.05) is 6.54 Å². The van der Waals surface area contributed by atoms with Crippen molar-refractivity contribution in [2.24, 2.45) is 0 Å². The van der Waals surface area contributed by atoms with Crippen LogP contribution in [-0.2, 0) is 17.9 Å². The van der Waals surface area contributed by atoms with Gasteiger partial charge >= 0.3 is 0 Å². The molecule has 0 fully saturated rings. The number of hydroxylamine groups is 1. The van der Waals surface area contributed by atoms with E-state index in [1.807, 2.05) is 35.2 Å². The number of carbonyl (C=O) groups is 2. The summed E-state index contributed by atoms with van der Waals surface area (Å²) in [4.78, 5) is 24.9. The Kier molecular flexibility index (Phi) is 6.49. The van der Waals surface area contributed by atoms with Crippen LogP contribution < -0.4 is 5.48 Å². The van der Waals surface area contributed by atoms with Crippen molar-refractivity contribution in [3.8, 4) is 0 Å². The van der Waals surface area contributed by atoms with E-state index in [9.17, 15) is 9.59 Å². The van der Waals surface area contributed by atoms with Gasteiger partial charge in [0.15, 0.2) is 5.78 Å². The first-order valence-corrected chi connectivity index (χ1v) is 7.85. The summed E-state index contributed by atoms with van der Waals surface area (Å²) >= 11 is 5.89. The highest BCUT2D eigenvalue weighted by atomic mass is 35.5. The number of halogens is 1. The van der Waals surface area contributed by atoms with Crippen molar-refractivity contribution in [2.45, 2.75) is 20.0 Å². The molecule has 0 atom stereocenters. The van der Waals surface area contributed by atoms with E-state index in [2.05, 4.69) is 0 Å². The van der Waals surface area contributed by atoms with Gasteiger partial charge in [0.2, 0.25) is 0 Å². The summed E-state index contributed by atoms with van der Waals surface area (Å²) in [5, 5.41) is 9.43. The molecule has 0 aliphatic rings. The second kappa shape index (κ2) is 8.59. The van der Waals surface area contributed by atoms with E-state index in [1.165, 1.54) is 6.92 Å². The molecule has 2 aromatic rings. The standard InChI is InChI=1S/C18H19ClN2O3/c1-13(22)16-4-2-3-15(9-16)11-21(12-18(23)20-24)10-14-5-7-17(19)8-6-14/h2-9,24H,10-12H2,1H3,(H,20,23). The third-order valence-corrected chi connectivity index (χ3v) is 3.80. The van der Waals surface area contributed by atoms with E-state index in [-0.39, 0.29) is 12.3 Å². The number of benzene rings is 2. The molecule has 0 bridgehead atoms. The average molecular weight is 347 g/mol. The minimum atomic E-state index is -0.494. The van der Waals surface area contributed by atoms with Crippen LogP contribution in [0.1, 0.15) is 28.4 Å². The second-order valence-electron chi connectivity index (χ2n) is 5.56. The first kappa shape index (κ1) is 18.1.